The molecule has 0 aliphatic heterocycles. The lowest BCUT2D eigenvalue weighted by Gasteiger charge is -2.08. The molecular weight excluding hydrogens is 428 g/mol. The molecule has 0 atom stereocenters. The van der Waals surface area contributed by atoms with Gasteiger partial charge in [-0.3, -0.25) is 14.8 Å². The maximum absolute atomic E-state index is 12.8. The number of anilines is 1. The third-order valence-electron chi connectivity index (χ3n) is 5.16. The number of carbonyl (C=O) groups is 2. The molecule has 0 saturated heterocycles. The van der Waals surface area contributed by atoms with E-state index in [1.807, 2.05) is 59.4 Å². The first-order chi connectivity index (χ1) is 16.6. The summed E-state index contributed by atoms with van der Waals surface area (Å²) in [4.78, 5) is 24.5. The molecule has 172 valence electrons. The van der Waals surface area contributed by atoms with E-state index in [1.165, 1.54) is 0 Å². The molecule has 2 N–H and O–H groups in total. The van der Waals surface area contributed by atoms with E-state index < -0.39 is 6.09 Å². The number of hydrogen-bond acceptors (Lipinski definition) is 4. The van der Waals surface area contributed by atoms with Crippen LogP contribution in [0.5, 0.6) is 0 Å². The van der Waals surface area contributed by atoms with Gasteiger partial charge in [-0.2, -0.15) is 5.10 Å². The Labute approximate surface area is 198 Å². The van der Waals surface area contributed by atoms with Crippen LogP contribution in [0, 0.1) is 0 Å². The van der Waals surface area contributed by atoms with Crippen LogP contribution in [0.1, 0.15) is 28.4 Å². The predicted molar refractivity (Wildman–Crippen MR) is 131 cm³/mol. The monoisotopic (exact) mass is 454 g/mol. The van der Waals surface area contributed by atoms with Gasteiger partial charge in [0, 0.05) is 35.1 Å². The van der Waals surface area contributed by atoms with E-state index in [0.717, 1.165) is 22.4 Å². The maximum Gasteiger partial charge on any atom is 0.411 e. The number of nitrogens with one attached hydrogen (secondary N) is 2. The Hall–Kier alpha value is -4.39. The molecule has 1 heterocycles. The highest BCUT2D eigenvalue weighted by Gasteiger charge is 2.14. The molecule has 0 bridgehead atoms. The predicted octanol–water partition coefficient (Wildman–Crippen LogP) is 5.10. The number of ether oxygens (including phenoxy) is 1. The summed E-state index contributed by atoms with van der Waals surface area (Å²) in [7, 11) is 0. The lowest BCUT2D eigenvalue weighted by molar-refractivity contribution is 0.0951. The van der Waals surface area contributed by atoms with Crippen molar-refractivity contribution in [2.24, 2.45) is 0 Å². The Bertz CT molecular complexity index is 1250. The smallest absolute Gasteiger partial charge is 0.411 e. The van der Waals surface area contributed by atoms with Crippen LogP contribution in [0.25, 0.3) is 11.3 Å². The van der Waals surface area contributed by atoms with Crippen molar-refractivity contribution in [1.29, 1.82) is 0 Å². The zero-order valence-electron chi connectivity index (χ0n) is 18.9. The van der Waals surface area contributed by atoms with E-state index >= 15 is 0 Å². The number of aromatic nitrogens is 2. The summed E-state index contributed by atoms with van der Waals surface area (Å²) in [5, 5.41) is 10.4. The molecule has 2 amide bonds. The van der Waals surface area contributed by atoms with Gasteiger partial charge in [-0.15, -0.1) is 0 Å². The Kier molecular flexibility index (Phi) is 7.35. The van der Waals surface area contributed by atoms with E-state index in [2.05, 4.69) is 22.8 Å². The number of carbonyl (C=O) groups excluding carboxylic acids is 2. The molecule has 4 rings (SSSR count). The van der Waals surface area contributed by atoms with E-state index in [1.54, 1.807) is 31.2 Å². The Morgan fingerprint density at radius 1 is 0.941 bits per heavy atom. The third kappa shape index (κ3) is 5.89. The minimum absolute atomic E-state index is 0.248. The Balaban J connectivity index is 1.50. The Morgan fingerprint density at radius 2 is 1.68 bits per heavy atom. The van der Waals surface area contributed by atoms with Crippen molar-refractivity contribution in [3.8, 4) is 11.3 Å². The van der Waals surface area contributed by atoms with Gasteiger partial charge in [0.1, 0.15) is 0 Å². The van der Waals surface area contributed by atoms with Gasteiger partial charge in [-0.1, -0.05) is 66.7 Å². The van der Waals surface area contributed by atoms with Crippen molar-refractivity contribution in [3.63, 3.8) is 0 Å². The molecule has 0 spiro atoms. The van der Waals surface area contributed by atoms with Crippen LogP contribution in [0.4, 0.5) is 10.5 Å². The van der Waals surface area contributed by atoms with Crippen molar-refractivity contribution in [3.05, 3.63) is 108 Å². The van der Waals surface area contributed by atoms with E-state index in [-0.39, 0.29) is 12.5 Å². The molecule has 1 aromatic heterocycles. The van der Waals surface area contributed by atoms with Crippen molar-refractivity contribution in [1.82, 2.24) is 15.1 Å². The summed E-state index contributed by atoms with van der Waals surface area (Å²) in [6, 6.07) is 26.7. The lowest BCUT2D eigenvalue weighted by atomic mass is 10.1. The van der Waals surface area contributed by atoms with Crippen molar-refractivity contribution in [2.45, 2.75) is 20.0 Å². The molecule has 0 unspecified atom stereocenters. The second-order valence-corrected chi connectivity index (χ2v) is 7.66. The number of amides is 2. The second kappa shape index (κ2) is 11.0. The van der Waals surface area contributed by atoms with Crippen LogP contribution in [0.3, 0.4) is 0 Å². The quantitative estimate of drug-likeness (QED) is 0.388. The molecule has 3 aromatic carbocycles. The van der Waals surface area contributed by atoms with Crippen molar-refractivity contribution in [2.75, 3.05) is 11.9 Å². The fourth-order valence-corrected chi connectivity index (χ4v) is 3.58. The van der Waals surface area contributed by atoms with Crippen LogP contribution < -0.4 is 10.6 Å². The first kappa shape index (κ1) is 22.8. The molecule has 0 aliphatic carbocycles. The highest BCUT2D eigenvalue weighted by Crippen LogP contribution is 2.22. The van der Waals surface area contributed by atoms with Gasteiger partial charge in [-0.05, 0) is 30.7 Å². The van der Waals surface area contributed by atoms with Gasteiger partial charge >= 0.3 is 6.09 Å². The largest absolute Gasteiger partial charge is 0.450 e. The number of nitrogens with zero attached hydrogens (tertiary/aromatic N) is 2. The maximum atomic E-state index is 12.8. The average Bonchev–Trinajstić information content (AvgIpc) is 3.26. The zero-order valence-corrected chi connectivity index (χ0v) is 18.9. The minimum Gasteiger partial charge on any atom is -0.450 e. The molecule has 0 saturated carbocycles. The van der Waals surface area contributed by atoms with E-state index in [4.69, 9.17) is 9.84 Å². The van der Waals surface area contributed by atoms with Gasteiger partial charge in [0.2, 0.25) is 0 Å². The second-order valence-electron chi connectivity index (χ2n) is 7.66. The summed E-state index contributed by atoms with van der Waals surface area (Å²) in [6.45, 7) is 2.95. The SMILES string of the molecule is CCOC(=O)Nc1cccc(C(=O)NCc2cn(Cc3ccccc3)nc2-c2ccccc2)c1. The lowest BCUT2D eigenvalue weighted by Crippen LogP contribution is -2.23. The molecule has 7 heteroatoms. The highest BCUT2D eigenvalue weighted by molar-refractivity contribution is 5.96. The summed E-state index contributed by atoms with van der Waals surface area (Å²) in [5.74, 6) is -0.248. The van der Waals surface area contributed by atoms with E-state index in [0.29, 0.717) is 24.3 Å². The number of rotatable bonds is 8. The van der Waals surface area contributed by atoms with Crippen LogP contribution in [-0.4, -0.2) is 28.4 Å². The fourth-order valence-electron chi connectivity index (χ4n) is 3.58. The normalized spacial score (nSPS) is 10.5. The summed E-state index contributed by atoms with van der Waals surface area (Å²) >= 11 is 0. The van der Waals surface area contributed by atoms with E-state index in [9.17, 15) is 9.59 Å². The highest BCUT2D eigenvalue weighted by atomic mass is 16.5. The number of benzene rings is 3. The average molecular weight is 455 g/mol. The van der Waals surface area contributed by atoms with Crippen molar-refractivity contribution >= 4 is 17.7 Å². The molecule has 34 heavy (non-hydrogen) atoms. The topological polar surface area (TPSA) is 85.2 Å². The molecule has 0 fully saturated rings. The Morgan fingerprint density at radius 3 is 2.41 bits per heavy atom. The zero-order chi connectivity index (χ0) is 23.8. The summed E-state index contributed by atoms with van der Waals surface area (Å²) in [5.41, 5.74) is 4.80. The minimum atomic E-state index is -0.557. The van der Waals surface area contributed by atoms with Gasteiger partial charge in [0.05, 0.1) is 18.8 Å². The van der Waals surface area contributed by atoms with Gasteiger partial charge in [0.15, 0.2) is 0 Å². The first-order valence-electron chi connectivity index (χ1n) is 11.1. The summed E-state index contributed by atoms with van der Waals surface area (Å²) < 4.78 is 6.78. The molecule has 4 aromatic rings. The first-order valence-corrected chi connectivity index (χ1v) is 11.1. The fraction of sp³-hybridized carbons (Fsp3) is 0.148. The molecule has 7 nitrogen and oxygen atoms in total. The van der Waals surface area contributed by atoms with Crippen molar-refractivity contribution < 1.29 is 14.3 Å². The van der Waals surface area contributed by atoms with Gasteiger partial charge in [0.25, 0.3) is 5.91 Å². The summed E-state index contributed by atoms with van der Waals surface area (Å²) in [6.07, 6.45) is 1.41. The van der Waals surface area contributed by atoms with Crippen LogP contribution in [-0.2, 0) is 17.8 Å². The van der Waals surface area contributed by atoms with Crippen LogP contribution >= 0.6 is 0 Å². The molecular formula is C27H26N4O3. The van der Waals surface area contributed by atoms with Crippen LogP contribution in [0.2, 0.25) is 0 Å². The van der Waals surface area contributed by atoms with Crippen LogP contribution in [0.15, 0.2) is 91.1 Å². The standard InChI is InChI=1S/C27H26N4O3/c1-2-34-27(33)29-24-15-9-14-22(16-24)26(32)28-17-23-19-31(18-20-10-5-3-6-11-20)30-25(23)21-12-7-4-8-13-21/h3-16,19H,2,17-18H2,1H3,(H,28,32)(H,29,33). The number of hydrogen-bond donors (Lipinski definition) is 2. The van der Waals surface area contributed by atoms with Gasteiger partial charge < -0.3 is 10.1 Å². The molecule has 0 radical (unpaired) electrons. The van der Waals surface area contributed by atoms with Gasteiger partial charge in [-0.25, -0.2) is 4.79 Å². The molecule has 0 aliphatic rings. The third-order valence-corrected chi connectivity index (χ3v) is 5.16.